The van der Waals surface area contributed by atoms with Gasteiger partial charge in [0.2, 0.25) is 5.91 Å². The molecule has 0 bridgehead atoms. The van der Waals surface area contributed by atoms with Gasteiger partial charge in [-0.1, -0.05) is 6.92 Å². The van der Waals surface area contributed by atoms with Gasteiger partial charge in [0.25, 0.3) is 0 Å². The molecule has 3 N–H and O–H groups in total. The van der Waals surface area contributed by atoms with E-state index in [9.17, 15) is 4.79 Å². The second-order valence-electron chi connectivity index (χ2n) is 5.07. The number of nitrogens with zero attached hydrogens (tertiary/aromatic N) is 1. The van der Waals surface area contributed by atoms with Crippen molar-refractivity contribution < 1.29 is 9.53 Å². The number of benzene rings is 1. The summed E-state index contributed by atoms with van der Waals surface area (Å²) in [7, 11) is 1.57. The van der Waals surface area contributed by atoms with E-state index < -0.39 is 0 Å². The van der Waals surface area contributed by atoms with E-state index in [2.05, 4.69) is 31.0 Å². The smallest absolute Gasteiger partial charge is 0.238 e. The number of nitrogens with two attached hydrogens (primary N) is 1. The van der Waals surface area contributed by atoms with Gasteiger partial charge in [0, 0.05) is 11.7 Å². The Morgan fingerprint density at radius 2 is 2.15 bits per heavy atom. The molecular formula is C15H25N3O2. The highest BCUT2D eigenvalue weighted by Gasteiger charge is 2.14. The molecule has 0 aromatic heterocycles. The Labute approximate surface area is 121 Å². The van der Waals surface area contributed by atoms with Crippen molar-refractivity contribution in [3.05, 3.63) is 18.2 Å². The Morgan fingerprint density at radius 1 is 1.45 bits per heavy atom. The number of hydrogen-bond donors (Lipinski definition) is 2. The molecule has 0 unspecified atom stereocenters. The first kappa shape index (κ1) is 16.3. The van der Waals surface area contributed by atoms with E-state index in [-0.39, 0.29) is 5.91 Å². The number of methoxy groups -OCH3 is 1. The monoisotopic (exact) mass is 279 g/mol. The fourth-order valence-electron chi connectivity index (χ4n) is 2.00. The lowest BCUT2D eigenvalue weighted by atomic mass is 10.2. The van der Waals surface area contributed by atoms with E-state index in [1.165, 1.54) is 0 Å². The molecule has 0 aliphatic heterocycles. The number of hydrogen-bond acceptors (Lipinski definition) is 4. The maximum Gasteiger partial charge on any atom is 0.238 e. The van der Waals surface area contributed by atoms with Gasteiger partial charge in [-0.25, -0.2) is 0 Å². The molecule has 0 spiro atoms. The van der Waals surface area contributed by atoms with Gasteiger partial charge in [0.1, 0.15) is 5.75 Å². The molecule has 1 aromatic carbocycles. The zero-order chi connectivity index (χ0) is 15.1. The lowest BCUT2D eigenvalue weighted by molar-refractivity contribution is -0.117. The van der Waals surface area contributed by atoms with Crippen molar-refractivity contribution in [3.8, 4) is 5.75 Å². The average molecular weight is 279 g/mol. The Morgan fingerprint density at radius 3 is 2.70 bits per heavy atom. The van der Waals surface area contributed by atoms with E-state index in [4.69, 9.17) is 10.5 Å². The van der Waals surface area contributed by atoms with Gasteiger partial charge >= 0.3 is 0 Å². The molecule has 20 heavy (non-hydrogen) atoms. The molecule has 1 aromatic rings. The van der Waals surface area contributed by atoms with Crippen LogP contribution in [0.1, 0.15) is 27.2 Å². The number of nitrogen functional groups attached to an aromatic ring is 1. The molecule has 5 heteroatoms. The second-order valence-corrected chi connectivity index (χ2v) is 5.07. The van der Waals surface area contributed by atoms with Crippen molar-refractivity contribution in [1.29, 1.82) is 0 Å². The van der Waals surface area contributed by atoms with Crippen LogP contribution in [0.15, 0.2) is 18.2 Å². The van der Waals surface area contributed by atoms with Gasteiger partial charge in [-0.15, -0.1) is 0 Å². The molecule has 0 saturated carbocycles. The van der Waals surface area contributed by atoms with E-state index in [0.29, 0.717) is 29.7 Å². The first-order valence-electron chi connectivity index (χ1n) is 6.95. The lowest BCUT2D eigenvalue weighted by Crippen LogP contribution is -2.38. The number of carbonyl (C=O) groups is 1. The third-order valence-electron chi connectivity index (χ3n) is 3.09. The molecule has 0 aliphatic carbocycles. The lowest BCUT2D eigenvalue weighted by Gasteiger charge is -2.25. The van der Waals surface area contributed by atoms with Gasteiger partial charge in [-0.3, -0.25) is 9.69 Å². The molecule has 0 aliphatic rings. The summed E-state index contributed by atoms with van der Waals surface area (Å²) >= 11 is 0. The second kappa shape index (κ2) is 7.75. The fourth-order valence-corrected chi connectivity index (χ4v) is 2.00. The van der Waals surface area contributed by atoms with E-state index in [0.717, 1.165) is 13.0 Å². The third kappa shape index (κ3) is 4.74. The van der Waals surface area contributed by atoms with Crippen LogP contribution < -0.4 is 15.8 Å². The quantitative estimate of drug-likeness (QED) is 0.752. The minimum atomic E-state index is -0.0592. The van der Waals surface area contributed by atoms with Crippen LogP contribution in [-0.4, -0.2) is 37.0 Å². The van der Waals surface area contributed by atoms with Gasteiger partial charge in [-0.2, -0.15) is 0 Å². The van der Waals surface area contributed by atoms with Gasteiger partial charge < -0.3 is 15.8 Å². The highest BCUT2D eigenvalue weighted by molar-refractivity contribution is 5.94. The van der Waals surface area contributed by atoms with Crippen molar-refractivity contribution in [2.45, 2.75) is 33.2 Å². The van der Waals surface area contributed by atoms with E-state index in [1.54, 1.807) is 25.3 Å². The Kier molecular flexibility index (Phi) is 6.31. The van der Waals surface area contributed by atoms with Gasteiger partial charge in [0.05, 0.1) is 19.3 Å². The summed E-state index contributed by atoms with van der Waals surface area (Å²) in [6, 6.07) is 5.53. The first-order chi connectivity index (χ1) is 9.47. The first-order valence-corrected chi connectivity index (χ1v) is 6.95. The minimum absolute atomic E-state index is 0.0592. The number of anilines is 2. The Hall–Kier alpha value is -1.75. The van der Waals surface area contributed by atoms with E-state index >= 15 is 0 Å². The Balaban J connectivity index is 2.72. The van der Waals surface area contributed by atoms with Gasteiger partial charge in [0.15, 0.2) is 0 Å². The zero-order valence-corrected chi connectivity index (χ0v) is 12.8. The van der Waals surface area contributed by atoms with Crippen LogP contribution in [0.2, 0.25) is 0 Å². The van der Waals surface area contributed by atoms with E-state index in [1.807, 2.05) is 0 Å². The summed E-state index contributed by atoms with van der Waals surface area (Å²) in [6.45, 7) is 7.55. The van der Waals surface area contributed by atoms with Crippen molar-refractivity contribution in [2.24, 2.45) is 0 Å². The van der Waals surface area contributed by atoms with Crippen LogP contribution in [0.5, 0.6) is 5.75 Å². The molecule has 0 atom stereocenters. The predicted molar refractivity (Wildman–Crippen MR) is 83.0 cm³/mol. The zero-order valence-electron chi connectivity index (χ0n) is 12.8. The molecule has 1 amide bonds. The number of nitrogens with one attached hydrogen (secondary N) is 1. The molecule has 0 fully saturated rings. The summed E-state index contributed by atoms with van der Waals surface area (Å²) in [5.41, 5.74) is 6.94. The van der Waals surface area contributed by atoms with Crippen LogP contribution in [0, 0.1) is 0 Å². The van der Waals surface area contributed by atoms with Crippen molar-refractivity contribution in [3.63, 3.8) is 0 Å². The highest BCUT2D eigenvalue weighted by atomic mass is 16.5. The SMILES string of the molecule is CCCN(CC(=O)Nc1cc(N)ccc1OC)C(C)C. The summed E-state index contributed by atoms with van der Waals surface area (Å²) < 4.78 is 5.22. The standard InChI is InChI=1S/C15H25N3O2/c1-5-8-18(11(2)3)10-15(19)17-13-9-12(16)6-7-14(13)20-4/h6-7,9,11H,5,8,10,16H2,1-4H3,(H,17,19). The third-order valence-corrected chi connectivity index (χ3v) is 3.09. The topological polar surface area (TPSA) is 67.6 Å². The molecule has 0 saturated heterocycles. The van der Waals surface area contributed by atoms with Gasteiger partial charge in [-0.05, 0) is 45.0 Å². The van der Waals surface area contributed by atoms with Crippen LogP contribution in [0.3, 0.4) is 0 Å². The molecule has 112 valence electrons. The number of carbonyl (C=O) groups excluding carboxylic acids is 1. The number of amides is 1. The normalized spacial score (nSPS) is 10.9. The summed E-state index contributed by atoms with van der Waals surface area (Å²) in [4.78, 5) is 14.3. The molecular weight excluding hydrogens is 254 g/mol. The summed E-state index contributed by atoms with van der Waals surface area (Å²) in [6.07, 6.45) is 1.02. The molecule has 1 rings (SSSR count). The number of rotatable bonds is 7. The average Bonchev–Trinajstić information content (AvgIpc) is 2.38. The summed E-state index contributed by atoms with van der Waals surface area (Å²) in [5, 5.41) is 2.86. The predicted octanol–water partition coefficient (Wildman–Crippen LogP) is 2.34. The Bertz CT molecular complexity index is 447. The largest absolute Gasteiger partial charge is 0.495 e. The van der Waals surface area contributed by atoms with Crippen molar-refractivity contribution in [2.75, 3.05) is 31.2 Å². The summed E-state index contributed by atoms with van der Waals surface area (Å²) in [5.74, 6) is 0.551. The van der Waals surface area contributed by atoms with Crippen LogP contribution in [0.4, 0.5) is 11.4 Å². The highest BCUT2D eigenvalue weighted by Crippen LogP contribution is 2.26. The van der Waals surface area contributed by atoms with Crippen LogP contribution in [0.25, 0.3) is 0 Å². The fraction of sp³-hybridized carbons (Fsp3) is 0.533. The minimum Gasteiger partial charge on any atom is -0.495 e. The molecule has 5 nitrogen and oxygen atoms in total. The van der Waals surface area contributed by atoms with Crippen molar-refractivity contribution in [1.82, 2.24) is 4.90 Å². The van der Waals surface area contributed by atoms with Crippen LogP contribution >= 0.6 is 0 Å². The maximum atomic E-state index is 12.1. The molecule has 0 radical (unpaired) electrons. The van der Waals surface area contributed by atoms with Crippen molar-refractivity contribution >= 4 is 17.3 Å². The maximum absolute atomic E-state index is 12.1. The molecule has 0 heterocycles. The van der Waals surface area contributed by atoms with Crippen LogP contribution in [-0.2, 0) is 4.79 Å². The number of ether oxygens (including phenoxy) is 1.